The first-order chi connectivity index (χ1) is 15.8. The fourth-order valence-corrected chi connectivity index (χ4v) is 3.56. The van der Waals surface area contributed by atoms with Crippen molar-refractivity contribution in [2.75, 3.05) is 17.7 Å². The molecule has 2 aromatic carbocycles. The first kappa shape index (κ1) is 24.2. The third-order valence-corrected chi connectivity index (χ3v) is 5.79. The van der Waals surface area contributed by atoms with Gasteiger partial charge in [0.25, 0.3) is 5.91 Å². The van der Waals surface area contributed by atoms with Crippen molar-refractivity contribution in [1.29, 1.82) is 0 Å². The number of amides is 2. The standard InChI is InChI=1S/C23H26FN5O3S/c1-15(2)16-8-10-17(11-9-16)32-13-21(30)25-12-20-27-28-23(29(20)3)33-14-22(31)26-19-7-5-4-6-18(19)24/h4-11,15H,12-14H2,1-3H3,(H,25,30)(H,26,31). The van der Waals surface area contributed by atoms with Gasteiger partial charge in [-0.25, -0.2) is 4.39 Å². The van der Waals surface area contributed by atoms with Crippen molar-refractivity contribution in [2.45, 2.75) is 31.5 Å². The van der Waals surface area contributed by atoms with E-state index in [2.05, 4.69) is 34.7 Å². The molecule has 8 nitrogen and oxygen atoms in total. The summed E-state index contributed by atoms with van der Waals surface area (Å²) in [5, 5.41) is 13.9. The molecule has 174 valence electrons. The molecule has 0 aliphatic rings. The Bertz CT molecular complexity index is 1100. The molecule has 0 fully saturated rings. The molecule has 33 heavy (non-hydrogen) atoms. The van der Waals surface area contributed by atoms with Crippen molar-refractivity contribution in [3.63, 3.8) is 0 Å². The Morgan fingerprint density at radius 3 is 2.52 bits per heavy atom. The maximum atomic E-state index is 13.6. The van der Waals surface area contributed by atoms with E-state index in [4.69, 9.17) is 4.74 Å². The van der Waals surface area contributed by atoms with Crippen LogP contribution in [0.2, 0.25) is 0 Å². The summed E-state index contributed by atoms with van der Waals surface area (Å²) in [6, 6.07) is 13.6. The summed E-state index contributed by atoms with van der Waals surface area (Å²) < 4.78 is 20.8. The van der Waals surface area contributed by atoms with Gasteiger partial charge in [-0.15, -0.1) is 10.2 Å². The smallest absolute Gasteiger partial charge is 0.258 e. The van der Waals surface area contributed by atoms with Crippen molar-refractivity contribution in [1.82, 2.24) is 20.1 Å². The summed E-state index contributed by atoms with van der Waals surface area (Å²) in [4.78, 5) is 24.2. The lowest BCUT2D eigenvalue weighted by Gasteiger charge is -2.09. The Morgan fingerprint density at radius 1 is 1.09 bits per heavy atom. The second-order valence-corrected chi connectivity index (χ2v) is 8.51. The van der Waals surface area contributed by atoms with Crippen LogP contribution in [0.5, 0.6) is 5.75 Å². The minimum atomic E-state index is -0.496. The van der Waals surface area contributed by atoms with Crippen molar-refractivity contribution in [3.8, 4) is 5.75 Å². The number of carbonyl (C=O) groups is 2. The number of hydrogen-bond acceptors (Lipinski definition) is 6. The fourth-order valence-electron chi connectivity index (χ4n) is 2.83. The maximum absolute atomic E-state index is 13.6. The lowest BCUT2D eigenvalue weighted by Crippen LogP contribution is -2.29. The zero-order chi connectivity index (χ0) is 23.8. The fraction of sp³-hybridized carbons (Fsp3) is 0.304. The first-order valence-corrected chi connectivity index (χ1v) is 11.4. The van der Waals surface area contributed by atoms with Crippen LogP contribution in [0.1, 0.15) is 31.2 Å². The molecule has 2 N–H and O–H groups in total. The van der Waals surface area contributed by atoms with Gasteiger partial charge in [-0.2, -0.15) is 0 Å². The lowest BCUT2D eigenvalue weighted by atomic mass is 10.0. The summed E-state index contributed by atoms with van der Waals surface area (Å²) in [7, 11) is 1.74. The second-order valence-electron chi connectivity index (χ2n) is 7.56. The molecule has 0 spiro atoms. The highest BCUT2D eigenvalue weighted by Crippen LogP contribution is 2.19. The van der Waals surface area contributed by atoms with E-state index in [0.29, 0.717) is 22.6 Å². The van der Waals surface area contributed by atoms with Gasteiger partial charge in [0, 0.05) is 7.05 Å². The van der Waals surface area contributed by atoms with E-state index >= 15 is 0 Å². The van der Waals surface area contributed by atoms with Crippen LogP contribution in [-0.4, -0.2) is 38.9 Å². The van der Waals surface area contributed by atoms with Crippen LogP contribution < -0.4 is 15.4 Å². The van der Waals surface area contributed by atoms with Crippen molar-refractivity contribution >= 4 is 29.3 Å². The predicted octanol–water partition coefficient (Wildman–Crippen LogP) is 3.50. The van der Waals surface area contributed by atoms with Gasteiger partial charge in [-0.1, -0.05) is 49.9 Å². The molecule has 3 rings (SSSR count). The number of thioether (sulfide) groups is 1. The minimum Gasteiger partial charge on any atom is -0.484 e. The normalized spacial score (nSPS) is 10.8. The number of rotatable bonds is 10. The first-order valence-electron chi connectivity index (χ1n) is 10.4. The molecule has 0 aliphatic heterocycles. The maximum Gasteiger partial charge on any atom is 0.258 e. The number of para-hydroxylation sites is 1. The monoisotopic (exact) mass is 471 g/mol. The second kappa shape index (κ2) is 11.5. The average molecular weight is 472 g/mol. The number of nitrogens with one attached hydrogen (secondary N) is 2. The Kier molecular flexibility index (Phi) is 8.42. The van der Waals surface area contributed by atoms with Gasteiger partial charge in [0.1, 0.15) is 11.6 Å². The molecule has 1 aromatic heterocycles. The van der Waals surface area contributed by atoms with Crippen molar-refractivity contribution in [3.05, 3.63) is 65.7 Å². The predicted molar refractivity (Wildman–Crippen MR) is 125 cm³/mol. The molecule has 0 radical (unpaired) electrons. The molecule has 0 atom stereocenters. The molecule has 0 saturated carbocycles. The molecule has 0 bridgehead atoms. The van der Waals surface area contributed by atoms with Crippen LogP contribution in [0.4, 0.5) is 10.1 Å². The van der Waals surface area contributed by atoms with Crippen molar-refractivity contribution < 1.29 is 18.7 Å². The lowest BCUT2D eigenvalue weighted by molar-refractivity contribution is -0.123. The van der Waals surface area contributed by atoms with Gasteiger partial charge in [-0.3, -0.25) is 9.59 Å². The van der Waals surface area contributed by atoms with E-state index in [1.165, 1.54) is 17.7 Å². The summed E-state index contributed by atoms with van der Waals surface area (Å²) in [5.41, 5.74) is 1.33. The molecule has 2 amide bonds. The number of benzene rings is 2. The van der Waals surface area contributed by atoms with E-state index in [0.717, 1.165) is 11.8 Å². The van der Waals surface area contributed by atoms with Gasteiger partial charge in [0.05, 0.1) is 18.0 Å². The molecule has 10 heteroatoms. The van der Waals surface area contributed by atoms with E-state index in [1.54, 1.807) is 23.7 Å². The van der Waals surface area contributed by atoms with Gasteiger partial charge in [0.15, 0.2) is 17.6 Å². The molecule has 1 heterocycles. The highest BCUT2D eigenvalue weighted by Gasteiger charge is 2.13. The van der Waals surface area contributed by atoms with Gasteiger partial charge < -0.3 is 19.9 Å². The molecule has 0 unspecified atom stereocenters. The highest BCUT2D eigenvalue weighted by molar-refractivity contribution is 7.99. The number of anilines is 1. The number of hydrogen-bond donors (Lipinski definition) is 2. The number of ether oxygens (including phenoxy) is 1. The Hall–Kier alpha value is -3.40. The van der Waals surface area contributed by atoms with Gasteiger partial charge in [-0.05, 0) is 35.7 Å². The van der Waals surface area contributed by atoms with Crippen LogP contribution in [0.25, 0.3) is 0 Å². The van der Waals surface area contributed by atoms with Crippen LogP contribution in [0.15, 0.2) is 53.7 Å². The average Bonchev–Trinajstić information content (AvgIpc) is 3.16. The third kappa shape index (κ3) is 7.04. The number of aromatic nitrogens is 3. The summed E-state index contributed by atoms with van der Waals surface area (Å²) in [6.45, 7) is 4.28. The van der Waals surface area contributed by atoms with Crippen LogP contribution >= 0.6 is 11.8 Å². The third-order valence-electron chi connectivity index (χ3n) is 4.77. The van der Waals surface area contributed by atoms with E-state index in [9.17, 15) is 14.0 Å². The summed E-state index contributed by atoms with van der Waals surface area (Å²) in [6.07, 6.45) is 0. The van der Waals surface area contributed by atoms with Gasteiger partial charge >= 0.3 is 0 Å². The zero-order valence-corrected chi connectivity index (χ0v) is 19.5. The number of carbonyl (C=O) groups excluding carboxylic acids is 2. The van der Waals surface area contributed by atoms with E-state index in [-0.39, 0.29) is 36.4 Å². The molecule has 3 aromatic rings. The van der Waals surface area contributed by atoms with Crippen LogP contribution in [0, 0.1) is 5.82 Å². The van der Waals surface area contributed by atoms with Crippen molar-refractivity contribution in [2.24, 2.45) is 7.05 Å². The quantitative estimate of drug-likeness (QED) is 0.439. The summed E-state index contributed by atoms with van der Waals surface area (Å²) in [5.74, 6) is 0.478. The molecule has 0 aliphatic carbocycles. The minimum absolute atomic E-state index is 0.0378. The van der Waals surface area contributed by atoms with E-state index < -0.39 is 5.82 Å². The molecular weight excluding hydrogens is 445 g/mol. The SMILES string of the molecule is CC(C)c1ccc(OCC(=O)NCc2nnc(SCC(=O)Nc3ccccc3F)n2C)cc1. The number of nitrogens with zero attached hydrogens (tertiary/aromatic N) is 3. The zero-order valence-electron chi connectivity index (χ0n) is 18.7. The molecular formula is C23H26FN5O3S. The Labute approximate surface area is 195 Å². The van der Waals surface area contributed by atoms with Crippen LogP contribution in [0.3, 0.4) is 0 Å². The summed E-state index contributed by atoms with van der Waals surface area (Å²) >= 11 is 1.16. The Morgan fingerprint density at radius 2 is 1.82 bits per heavy atom. The number of halogens is 1. The van der Waals surface area contributed by atoms with Gasteiger partial charge in [0.2, 0.25) is 5.91 Å². The van der Waals surface area contributed by atoms with Crippen LogP contribution in [-0.2, 0) is 23.2 Å². The topological polar surface area (TPSA) is 98.1 Å². The van der Waals surface area contributed by atoms with E-state index in [1.807, 2.05) is 24.3 Å². The largest absolute Gasteiger partial charge is 0.484 e. The highest BCUT2D eigenvalue weighted by atomic mass is 32.2. The Balaban J connectivity index is 1.43. The molecule has 0 saturated heterocycles.